The minimum atomic E-state index is 0.712. The molecule has 0 radical (unpaired) electrons. The van der Waals surface area contributed by atoms with E-state index in [4.69, 9.17) is 22.3 Å². The molecule has 1 aliphatic rings. The Morgan fingerprint density at radius 3 is 2.76 bits per heavy atom. The number of nitrogens with one attached hydrogen (secondary N) is 1. The lowest BCUT2D eigenvalue weighted by molar-refractivity contribution is 0.911. The fourth-order valence-corrected chi connectivity index (χ4v) is 4.03. The Labute approximate surface area is 150 Å². The fourth-order valence-electron chi connectivity index (χ4n) is 3.84. The maximum Gasteiger partial charge on any atom is 0.163 e. The topological polar surface area (TPSA) is 55.3 Å². The van der Waals surface area contributed by atoms with Gasteiger partial charge in [-0.3, -0.25) is 4.40 Å². The second-order valence-corrected chi connectivity index (χ2v) is 6.90. The zero-order valence-corrected chi connectivity index (χ0v) is 14.3. The highest BCUT2D eigenvalue weighted by molar-refractivity contribution is 6.30. The van der Waals surface area contributed by atoms with Gasteiger partial charge in [0.05, 0.1) is 16.7 Å². The minimum absolute atomic E-state index is 0.712. The summed E-state index contributed by atoms with van der Waals surface area (Å²) < 4.78 is 2.15. The lowest BCUT2D eigenvalue weighted by Crippen LogP contribution is -2.07. The number of hydrogen-bond donors (Lipinski definition) is 2. The number of pyridine rings is 1. The number of imidazole rings is 1. The van der Waals surface area contributed by atoms with Gasteiger partial charge in [0.25, 0.3) is 0 Å². The molecule has 1 aliphatic carbocycles. The van der Waals surface area contributed by atoms with Crippen molar-refractivity contribution in [2.24, 2.45) is 0 Å². The first kappa shape index (κ1) is 14.6. The summed E-state index contributed by atoms with van der Waals surface area (Å²) in [5.74, 6) is 1.05. The van der Waals surface area contributed by atoms with Crippen molar-refractivity contribution >= 4 is 45.5 Å². The van der Waals surface area contributed by atoms with Gasteiger partial charge in [-0.1, -0.05) is 29.8 Å². The smallest absolute Gasteiger partial charge is 0.163 e. The molecular formula is C20H17ClN4. The number of aromatic nitrogens is 2. The second-order valence-electron chi connectivity index (χ2n) is 6.47. The molecule has 2 heterocycles. The SMILES string of the molecule is Nc1c2c(c(Nc3cccc(Cl)c3)n3c1nc1ccccc13)CCC2. The highest BCUT2D eigenvalue weighted by atomic mass is 35.5. The van der Waals surface area contributed by atoms with Crippen LogP contribution in [-0.2, 0) is 12.8 Å². The predicted molar refractivity (Wildman–Crippen MR) is 104 cm³/mol. The predicted octanol–water partition coefficient (Wildman–Crippen LogP) is 4.96. The molecule has 0 saturated carbocycles. The van der Waals surface area contributed by atoms with E-state index in [-0.39, 0.29) is 0 Å². The maximum atomic E-state index is 6.49. The first-order valence-corrected chi connectivity index (χ1v) is 8.83. The Balaban J connectivity index is 1.85. The first-order valence-electron chi connectivity index (χ1n) is 8.45. The Morgan fingerprint density at radius 1 is 1.04 bits per heavy atom. The van der Waals surface area contributed by atoms with Crippen molar-refractivity contribution in [3.63, 3.8) is 0 Å². The van der Waals surface area contributed by atoms with Gasteiger partial charge in [0.1, 0.15) is 5.82 Å². The number of rotatable bonds is 2. The van der Waals surface area contributed by atoms with Crippen LogP contribution in [0.25, 0.3) is 16.7 Å². The molecule has 4 aromatic rings. The van der Waals surface area contributed by atoms with E-state index in [1.165, 1.54) is 11.1 Å². The highest BCUT2D eigenvalue weighted by Gasteiger charge is 2.24. The van der Waals surface area contributed by atoms with Crippen molar-refractivity contribution < 1.29 is 0 Å². The van der Waals surface area contributed by atoms with E-state index in [9.17, 15) is 0 Å². The summed E-state index contributed by atoms with van der Waals surface area (Å²) >= 11 is 6.17. The van der Waals surface area contributed by atoms with E-state index in [1.807, 2.05) is 42.5 Å². The molecule has 5 heteroatoms. The van der Waals surface area contributed by atoms with Crippen molar-refractivity contribution in [1.82, 2.24) is 9.38 Å². The Bertz CT molecular complexity index is 1130. The van der Waals surface area contributed by atoms with Gasteiger partial charge < -0.3 is 11.1 Å². The molecule has 2 aromatic heterocycles. The molecule has 0 bridgehead atoms. The Hall–Kier alpha value is -2.72. The van der Waals surface area contributed by atoms with Crippen molar-refractivity contribution in [2.45, 2.75) is 19.3 Å². The molecule has 124 valence electrons. The van der Waals surface area contributed by atoms with Crippen LogP contribution < -0.4 is 11.1 Å². The van der Waals surface area contributed by atoms with Gasteiger partial charge in [0.15, 0.2) is 5.65 Å². The van der Waals surface area contributed by atoms with Crippen molar-refractivity contribution in [3.05, 3.63) is 64.7 Å². The summed E-state index contributed by atoms with van der Waals surface area (Å²) in [4.78, 5) is 4.78. The molecule has 2 aromatic carbocycles. The number of nitrogen functional groups attached to an aromatic ring is 1. The molecule has 4 nitrogen and oxygen atoms in total. The molecule has 5 rings (SSSR count). The van der Waals surface area contributed by atoms with Crippen molar-refractivity contribution in [2.75, 3.05) is 11.1 Å². The zero-order valence-electron chi connectivity index (χ0n) is 13.6. The van der Waals surface area contributed by atoms with E-state index in [0.29, 0.717) is 5.02 Å². The summed E-state index contributed by atoms with van der Waals surface area (Å²) in [5.41, 5.74) is 13.6. The average Bonchev–Trinajstić information content (AvgIpc) is 3.24. The van der Waals surface area contributed by atoms with Gasteiger partial charge in [-0.15, -0.1) is 0 Å². The highest BCUT2D eigenvalue weighted by Crippen LogP contribution is 2.39. The third-order valence-electron chi connectivity index (χ3n) is 4.94. The molecule has 0 aliphatic heterocycles. The van der Waals surface area contributed by atoms with Crippen LogP contribution in [0.15, 0.2) is 48.5 Å². The van der Waals surface area contributed by atoms with Gasteiger partial charge >= 0.3 is 0 Å². The van der Waals surface area contributed by atoms with Crippen LogP contribution in [-0.4, -0.2) is 9.38 Å². The molecule has 0 saturated heterocycles. The molecule has 25 heavy (non-hydrogen) atoms. The first-order chi connectivity index (χ1) is 12.2. The molecular weight excluding hydrogens is 332 g/mol. The molecule has 0 unspecified atom stereocenters. The van der Waals surface area contributed by atoms with Crippen molar-refractivity contribution in [1.29, 1.82) is 0 Å². The second kappa shape index (κ2) is 5.39. The van der Waals surface area contributed by atoms with Crippen LogP contribution in [0, 0.1) is 0 Å². The van der Waals surface area contributed by atoms with E-state index >= 15 is 0 Å². The lowest BCUT2D eigenvalue weighted by Gasteiger charge is -2.17. The van der Waals surface area contributed by atoms with Crippen molar-refractivity contribution in [3.8, 4) is 0 Å². The zero-order chi connectivity index (χ0) is 17.0. The summed E-state index contributed by atoms with van der Waals surface area (Å²) in [6, 6.07) is 15.9. The van der Waals surface area contributed by atoms with Gasteiger partial charge in [-0.2, -0.15) is 0 Å². The fraction of sp³-hybridized carbons (Fsp3) is 0.150. The monoisotopic (exact) mass is 348 g/mol. The molecule has 0 atom stereocenters. The average molecular weight is 349 g/mol. The Kier molecular flexibility index (Phi) is 3.15. The van der Waals surface area contributed by atoms with E-state index in [2.05, 4.69) is 15.8 Å². The number of hydrogen-bond acceptors (Lipinski definition) is 3. The quantitative estimate of drug-likeness (QED) is 0.538. The largest absolute Gasteiger partial charge is 0.395 e. The molecule has 0 fully saturated rings. The number of anilines is 3. The summed E-state index contributed by atoms with van der Waals surface area (Å²) in [5, 5.41) is 4.29. The standard InChI is InChI=1S/C20H17ClN4/c21-12-5-3-6-13(11-12)23-19-15-8-4-7-14(15)18(22)20-24-16-9-1-2-10-17(16)25(19)20/h1-3,5-6,9-11,23H,4,7-8,22H2. The number of halogens is 1. The number of fused-ring (bicyclic) bond motifs is 4. The number of nitrogens with two attached hydrogens (primary N) is 1. The van der Waals surface area contributed by atoms with Crippen LogP contribution in [0.2, 0.25) is 5.02 Å². The van der Waals surface area contributed by atoms with E-state index < -0.39 is 0 Å². The molecule has 0 spiro atoms. The van der Waals surface area contributed by atoms with Gasteiger partial charge in [0, 0.05) is 10.7 Å². The Morgan fingerprint density at radius 2 is 1.88 bits per heavy atom. The van der Waals surface area contributed by atoms with Crippen LogP contribution in [0.4, 0.5) is 17.2 Å². The van der Waals surface area contributed by atoms with E-state index in [1.54, 1.807) is 0 Å². The van der Waals surface area contributed by atoms with Crippen LogP contribution in [0.5, 0.6) is 0 Å². The summed E-state index contributed by atoms with van der Waals surface area (Å²) in [6.07, 6.45) is 3.14. The summed E-state index contributed by atoms with van der Waals surface area (Å²) in [7, 11) is 0. The number of benzene rings is 2. The third kappa shape index (κ3) is 2.18. The summed E-state index contributed by atoms with van der Waals surface area (Å²) in [6.45, 7) is 0. The third-order valence-corrected chi connectivity index (χ3v) is 5.18. The molecule has 0 amide bonds. The van der Waals surface area contributed by atoms with Gasteiger partial charge in [-0.25, -0.2) is 4.98 Å². The van der Waals surface area contributed by atoms with Crippen LogP contribution in [0.1, 0.15) is 17.5 Å². The number of nitrogens with zero attached hydrogens (tertiary/aromatic N) is 2. The van der Waals surface area contributed by atoms with Crippen LogP contribution in [0.3, 0.4) is 0 Å². The van der Waals surface area contributed by atoms with E-state index in [0.717, 1.165) is 53.1 Å². The van der Waals surface area contributed by atoms with Crippen LogP contribution >= 0.6 is 11.6 Å². The minimum Gasteiger partial charge on any atom is -0.395 e. The normalized spacial score (nSPS) is 13.5. The molecule has 3 N–H and O–H groups in total. The lowest BCUT2D eigenvalue weighted by atomic mass is 10.1. The number of para-hydroxylation sites is 2. The maximum absolute atomic E-state index is 6.49. The van der Waals surface area contributed by atoms with Gasteiger partial charge in [-0.05, 0) is 60.7 Å². The van der Waals surface area contributed by atoms with Gasteiger partial charge in [0.2, 0.25) is 0 Å².